The van der Waals surface area contributed by atoms with Gasteiger partial charge in [0.2, 0.25) is 0 Å². The molecule has 0 saturated carbocycles. The summed E-state index contributed by atoms with van der Waals surface area (Å²) in [4.78, 5) is 0. The van der Waals surface area contributed by atoms with Gasteiger partial charge >= 0.3 is 0 Å². The zero-order chi connectivity index (χ0) is 23.9. The van der Waals surface area contributed by atoms with E-state index < -0.39 is 0 Å². The van der Waals surface area contributed by atoms with Gasteiger partial charge in [-0.2, -0.15) is 0 Å². The van der Waals surface area contributed by atoms with Crippen molar-refractivity contribution >= 4 is 53.7 Å². The molecule has 0 aliphatic heterocycles. The van der Waals surface area contributed by atoms with Gasteiger partial charge in [-0.3, -0.25) is 0 Å². The topological polar surface area (TPSA) is 12.0 Å². The molecular formula is C34H23NS. The molecule has 0 bridgehead atoms. The summed E-state index contributed by atoms with van der Waals surface area (Å²) in [6.45, 7) is 0. The van der Waals surface area contributed by atoms with E-state index in [1.165, 1.54) is 53.2 Å². The lowest BCUT2D eigenvalue weighted by atomic mass is 9.97. The van der Waals surface area contributed by atoms with Crippen LogP contribution < -0.4 is 5.32 Å². The summed E-state index contributed by atoms with van der Waals surface area (Å²) in [5.41, 5.74) is 7.12. The van der Waals surface area contributed by atoms with Gasteiger partial charge in [0.1, 0.15) is 0 Å². The Balaban J connectivity index is 1.24. The van der Waals surface area contributed by atoms with Crippen LogP contribution in [0.15, 0.2) is 133 Å². The largest absolute Gasteiger partial charge is 0.354 e. The van der Waals surface area contributed by atoms with Crippen LogP contribution in [0.1, 0.15) is 0 Å². The zero-order valence-corrected chi connectivity index (χ0v) is 20.4. The Hall–Kier alpha value is -4.40. The molecule has 2 heteroatoms. The van der Waals surface area contributed by atoms with Gasteiger partial charge in [-0.25, -0.2) is 0 Å². The summed E-state index contributed by atoms with van der Waals surface area (Å²) in [5.74, 6) is 0. The molecular weight excluding hydrogens is 454 g/mol. The number of fused-ring (bicyclic) bond motifs is 4. The summed E-state index contributed by atoms with van der Waals surface area (Å²) in [5, 5.41) is 8.85. The van der Waals surface area contributed by atoms with E-state index in [0.717, 1.165) is 11.4 Å². The highest BCUT2D eigenvalue weighted by molar-refractivity contribution is 7.26. The highest BCUT2D eigenvalue weighted by Crippen LogP contribution is 2.39. The lowest BCUT2D eigenvalue weighted by Gasteiger charge is -2.11. The van der Waals surface area contributed by atoms with Gasteiger partial charge in [0.15, 0.2) is 0 Å². The number of benzene rings is 6. The number of rotatable bonds is 4. The fourth-order valence-corrected chi connectivity index (χ4v) is 6.20. The monoisotopic (exact) mass is 477 g/mol. The molecule has 0 amide bonds. The fourth-order valence-electron chi connectivity index (χ4n) is 5.02. The molecule has 0 aliphatic rings. The van der Waals surface area contributed by atoms with Gasteiger partial charge < -0.3 is 5.32 Å². The van der Waals surface area contributed by atoms with E-state index in [1.807, 2.05) is 11.3 Å². The molecule has 170 valence electrons. The lowest BCUT2D eigenvalue weighted by molar-refractivity contribution is 1.56. The average molecular weight is 478 g/mol. The van der Waals surface area contributed by atoms with Gasteiger partial charge in [0.05, 0.1) is 10.4 Å². The molecule has 1 heterocycles. The van der Waals surface area contributed by atoms with Crippen LogP contribution in [-0.4, -0.2) is 0 Å². The van der Waals surface area contributed by atoms with Crippen molar-refractivity contribution in [3.05, 3.63) is 133 Å². The fraction of sp³-hybridized carbons (Fsp3) is 0. The van der Waals surface area contributed by atoms with E-state index >= 15 is 0 Å². The van der Waals surface area contributed by atoms with Crippen LogP contribution in [0.2, 0.25) is 0 Å². The van der Waals surface area contributed by atoms with Crippen LogP contribution >= 0.6 is 11.3 Å². The van der Waals surface area contributed by atoms with E-state index in [0.29, 0.717) is 0 Å². The van der Waals surface area contributed by atoms with Gasteiger partial charge in [-0.1, -0.05) is 97.1 Å². The zero-order valence-electron chi connectivity index (χ0n) is 19.6. The van der Waals surface area contributed by atoms with Crippen molar-refractivity contribution in [1.82, 2.24) is 0 Å². The highest BCUT2D eigenvalue weighted by Gasteiger charge is 2.09. The van der Waals surface area contributed by atoms with Crippen LogP contribution in [0, 0.1) is 0 Å². The van der Waals surface area contributed by atoms with Crippen LogP contribution in [0.3, 0.4) is 0 Å². The standard InChI is InChI=1S/C34H23NS/c1-2-9-24-20-28(19-18-23(24)8-1)26-11-5-10-25(21-26)27-12-6-13-29(22-27)35-32-16-7-15-31-30-14-3-4-17-33(30)36-34(31)32/h1-22,35H. The summed E-state index contributed by atoms with van der Waals surface area (Å²) >= 11 is 1.85. The number of hydrogen-bond donors (Lipinski definition) is 1. The third kappa shape index (κ3) is 3.73. The Morgan fingerprint density at radius 1 is 0.444 bits per heavy atom. The molecule has 7 rings (SSSR count). The Labute approximate surface area is 214 Å². The quantitative estimate of drug-likeness (QED) is 0.266. The maximum Gasteiger partial charge on any atom is 0.0590 e. The molecule has 0 fully saturated rings. The summed E-state index contributed by atoms with van der Waals surface area (Å²) < 4.78 is 2.61. The summed E-state index contributed by atoms with van der Waals surface area (Å²) in [6.07, 6.45) is 0. The second-order valence-electron chi connectivity index (χ2n) is 9.13. The Morgan fingerprint density at radius 2 is 1.11 bits per heavy atom. The van der Waals surface area contributed by atoms with Gasteiger partial charge in [0, 0.05) is 21.2 Å². The third-order valence-corrected chi connectivity index (χ3v) is 8.04. The van der Waals surface area contributed by atoms with E-state index in [2.05, 4.69) is 139 Å². The molecule has 1 N–H and O–H groups in total. The Bertz CT molecular complexity index is 1880. The first-order chi connectivity index (χ1) is 17.8. The Kier molecular flexibility index (Phi) is 5.04. The van der Waals surface area contributed by atoms with Crippen molar-refractivity contribution in [3.63, 3.8) is 0 Å². The second kappa shape index (κ2) is 8.67. The third-order valence-electron chi connectivity index (χ3n) is 6.82. The number of hydrogen-bond acceptors (Lipinski definition) is 2. The molecule has 7 aromatic rings. The molecule has 0 radical (unpaired) electrons. The number of anilines is 2. The molecule has 0 atom stereocenters. The van der Waals surface area contributed by atoms with Crippen molar-refractivity contribution in [2.45, 2.75) is 0 Å². The molecule has 1 aromatic heterocycles. The van der Waals surface area contributed by atoms with Crippen molar-refractivity contribution in [2.75, 3.05) is 5.32 Å². The first-order valence-electron chi connectivity index (χ1n) is 12.2. The van der Waals surface area contributed by atoms with Crippen LogP contribution in [0.4, 0.5) is 11.4 Å². The van der Waals surface area contributed by atoms with E-state index in [9.17, 15) is 0 Å². The van der Waals surface area contributed by atoms with E-state index in [1.54, 1.807) is 0 Å². The van der Waals surface area contributed by atoms with Crippen molar-refractivity contribution < 1.29 is 0 Å². The van der Waals surface area contributed by atoms with E-state index in [-0.39, 0.29) is 0 Å². The SMILES string of the molecule is c1cc(Nc2cccc3c2sc2ccccc23)cc(-c2cccc(-c3ccc4ccccc4c3)c2)c1. The minimum atomic E-state index is 1.09. The molecule has 0 spiro atoms. The van der Waals surface area contributed by atoms with Gasteiger partial charge in [0.25, 0.3) is 0 Å². The maximum absolute atomic E-state index is 3.69. The predicted molar refractivity (Wildman–Crippen MR) is 157 cm³/mol. The van der Waals surface area contributed by atoms with Crippen molar-refractivity contribution in [2.24, 2.45) is 0 Å². The van der Waals surface area contributed by atoms with Crippen LogP contribution in [0.25, 0.3) is 53.2 Å². The predicted octanol–water partition coefficient (Wildman–Crippen LogP) is 10.3. The minimum absolute atomic E-state index is 1.09. The number of nitrogens with one attached hydrogen (secondary N) is 1. The first-order valence-corrected chi connectivity index (χ1v) is 13.0. The Morgan fingerprint density at radius 3 is 2.00 bits per heavy atom. The average Bonchev–Trinajstić information content (AvgIpc) is 3.33. The normalized spacial score (nSPS) is 11.3. The van der Waals surface area contributed by atoms with Gasteiger partial charge in [-0.15, -0.1) is 11.3 Å². The molecule has 0 aliphatic carbocycles. The lowest BCUT2D eigenvalue weighted by Crippen LogP contribution is -1.91. The smallest absolute Gasteiger partial charge is 0.0590 e. The van der Waals surface area contributed by atoms with Crippen molar-refractivity contribution in [3.8, 4) is 22.3 Å². The molecule has 0 saturated heterocycles. The highest BCUT2D eigenvalue weighted by atomic mass is 32.1. The first kappa shape index (κ1) is 20.9. The van der Waals surface area contributed by atoms with Crippen molar-refractivity contribution in [1.29, 1.82) is 0 Å². The molecule has 6 aromatic carbocycles. The number of thiophene rings is 1. The maximum atomic E-state index is 3.69. The molecule has 36 heavy (non-hydrogen) atoms. The van der Waals surface area contributed by atoms with Crippen LogP contribution in [-0.2, 0) is 0 Å². The van der Waals surface area contributed by atoms with E-state index in [4.69, 9.17) is 0 Å². The second-order valence-corrected chi connectivity index (χ2v) is 10.2. The van der Waals surface area contributed by atoms with Gasteiger partial charge in [-0.05, 0) is 69.4 Å². The molecule has 0 unspecified atom stereocenters. The minimum Gasteiger partial charge on any atom is -0.354 e. The summed E-state index contributed by atoms with van der Waals surface area (Å²) in [7, 11) is 0. The molecule has 1 nitrogen and oxygen atoms in total. The van der Waals surface area contributed by atoms with Crippen LogP contribution in [0.5, 0.6) is 0 Å². The summed E-state index contributed by atoms with van der Waals surface area (Å²) in [6, 6.07) is 47.9.